The number of carbonyl (C=O) groups excluding carboxylic acids is 1. The third-order valence-electron chi connectivity index (χ3n) is 4.13. The van der Waals surface area contributed by atoms with Crippen LogP contribution in [0.1, 0.15) is 34.9 Å². The van der Waals surface area contributed by atoms with Gasteiger partial charge in [0, 0.05) is 18.5 Å². The highest BCUT2D eigenvalue weighted by molar-refractivity contribution is 7.99. The lowest BCUT2D eigenvalue weighted by atomic mass is 10.1. The summed E-state index contributed by atoms with van der Waals surface area (Å²) in [5.41, 5.74) is 0.506. The predicted molar refractivity (Wildman–Crippen MR) is 94.1 cm³/mol. The van der Waals surface area contributed by atoms with E-state index in [2.05, 4.69) is 10.2 Å². The van der Waals surface area contributed by atoms with Gasteiger partial charge in [-0.25, -0.2) is 0 Å². The van der Waals surface area contributed by atoms with Gasteiger partial charge in [0.25, 0.3) is 0 Å². The van der Waals surface area contributed by atoms with Crippen LogP contribution in [0.4, 0.5) is 0 Å². The Labute approximate surface area is 150 Å². The second-order valence-corrected chi connectivity index (χ2v) is 6.74. The molecule has 1 saturated carbocycles. The summed E-state index contributed by atoms with van der Waals surface area (Å²) in [6.07, 6.45) is 2.34. The van der Waals surface area contributed by atoms with Crippen molar-refractivity contribution in [3.63, 3.8) is 0 Å². The van der Waals surface area contributed by atoms with Crippen molar-refractivity contribution < 1.29 is 19.0 Å². The van der Waals surface area contributed by atoms with Gasteiger partial charge in [-0.15, -0.1) is 10.2 Å². The minimum absolute atomic E-state index is 0.0415. The average molecular weight is 363 g/mol. The minimum atomic E-state index is -0.0415. The van der Waals surface area contributed by atoms with E-state index in [4.69, 9.17) is 14.2 Å². The van der Waals surface area contributed by atoms with Gasteiger partial charge >= 0.3 is 0 Å². The fourth-order valence-corrected chi connectivity index (χ4v) is 3.42. The van der Waals surface area contributed by atoms with E-state index in [1.165, 1.54) is 45.9 Å². The summed E-state index contributed by atoms with van der Waals surface area (Å²) in [6.45, 7) is 0. The number of methoxy groups -OCH3 is 3. The van der Waals surface area contributed by atoms with Gasteiger partial charge < -0.3 is 18.8 Å². The zero-order valence-electron chi connectivity index (χ0n) is 14.7. The maximum atomic E-state index is 12.6. The monoisotopic (exact) mass is 363 g/mol. The lowest BCUT2D eigenvalue weighted by Crippen LogP contribution is -2.06. The first-order valence-electron chi connectivity index (χ1n) is 7.94. The normalized spacial score (nSPS) is 13.6. The number of nitrogens with zero attached hydrogens (tertiary/aromatic N) is 3. The van der Waals surface area contributed by atoms with Gasteiger partial charge in [-0.3, -0.25) is 4.79 Å². The third-order valence-corrected chi connectivity index (χ3v) is 5.15. The van der Waals surface area contributed by atoms with Crippen LogP contribution in [0.15, 0.2) is 17.3 Å². The molecule has 134 valence electrons. The second-order valence-electron chi connectivity index (χ2n) is 5.80. The van der Waals surface area contributed by atoms with E-state index in [0.717, 1.165) is 11.0 Å². The molecule has 1 aliphatic carbocycles. The van der Waals surface area contributed by atoms with E-state index >= 15 is 0 Å². The molecular weight excluding hydrogens is 342 g/mol. The Bertz CT molecular complexity index is 761. The van der Waals surface area contributed by atoms with Crippen molar-refractivity contribution in [1.29, 1.82) is 0 Å². The molecule has 3 rings (SSSR count). The van der Waals surface area contributed by atoms with E-state index in [-0.39, 0.29) is 11.5 Å². The third kappa shape index (κ3) is 3.58. The Morgan fingerprint density at radius 2 is 1.80 bits per heavy atom. The lowest BCUT2D eigenvalue weighted by Gasteiger charge is -2.13. The topological polar surface area (TPSA) is 75.5 Å². The van der Waals surface area contributed by atoms with E-state index in [0.29, 0.717) is 28.7 Å². The van der Waals surface area contributed by atoms with E-state index in [1.54, 1.807) is 12.1 Å². The van der Waals surface area contributed by atoms with Gasteiger partial charge in [0.05, 0.1) is 27.1 Å². The number of rotatable bonds is 8. The summed E-state index contributed by atoms with van der Waals surface area (Å²) < 4.78 is 17.9. The Morgan fingerprint density at radius 3 is 2.32 bits per heavy atom. The van der Waals surface area contributed by atoms with E-state index in [1.807, 2.05) is 11.6 Å². The van der Waals surface area contributed by atoms with Crippen LogP contribution in [0.3, 0.4) is 0 Å². The maximum absolute atomic E-state index is 12.6. The van der Waals surface area contributed by atoms with Crippen LogP contribution in [0.5, 0.6) is 17.2 Å². The first kappa shape index (κ1) is 17.6. The summed E-state index contributed by atoms with van der Waals surface area (Å²) in [5.74, 6) is 3.14. The number of thioether (sulfide) groups is 1. The van der Waals surface area contributed by atoms with Crippen LogP contribution in [0.2, 0.25) is 0 Å². The Balaban J connectivity index is 1.74. The molecule has 8 heteroatoms. The highest BCUT2D eigenvalue weighted by Crippen LogP contribution is 2.40. The zero-order chi connectivity index (χ0) is 18.0. The van der Waals surface area contributed by atoms with Crippen molar-refractivity contribution in [2.45, 2.75) is 23.9 Å². The fraction of sp³-hybridized carbons (Fsp3) is 0.471. The molecule has 0 spiro atoms. The predicted octanol–water partition coefficient (Wildman–Crippen LogP) is 2.69. The SMILES string of the molecule is COc1cc(C(=O)CSc2nnc(C3CC3)n2C)cc(OC)c1OC. The van der Waals surface area contributed by atoms with Gasteiger partial charge in [0.15, 0.2) is 22.4 Å². The standard InChI is InChI=1S/C17H21N3O4S/c1-20-16(10-5-6-10)18-19-17(20)25-9-12(21)11-7-13(22-2)15(24-4)14(8-11)23-3/h7-8,10H,5-6,9H2,1-4H3. The van der Waals surface area contributed by atoms with Crippen molar-refractivity contribution in [2.24, 2.45) is 7.05 Å². The molecule has 0 aliphatic heterocycles. The molecule has 0 bridgehead atoms. The van der Waals surface area contributed by atoms with Gasteiger partial charge in [0.1, 0.15) is 5.82 Å². The summed E-state index contributed by atoms with van der Waals surface area (Å²) in [5, 5.41) is 9.17. The molecule has 1 aromatic heterocycles. The van der Waals surface area contributed by atoms with Crippen LogP contribution in [0.25, 0.3) is 0 Å². The number of carbonyl (C=O) groups is 1. The second kappa shape index (κ2) is 7.35. The molecule has 0 atom stereocenters. The van der Waals surface area contributed by atoms with Crippen LogP contribution in [-0.2, 0) is 7.05 Å². The molecule has 7 nitrogen and oxygen atoms in total. The summed E-state index contributed by atoms with van der Waals surface area (Å²) in [4.78, 5) is 12.6. The van der Waals surface area contributed by atoms with Crippen molar-refractivity contribution in [1.82, 2.24) is 14.8 Å². The van der Waals surface area contributed by atoms with Gasteiger partial charge in [0.2, 0.25) is 5.75 Å². The number of ketones is 1. The number of Topliss-reactive ketones (excluding diaryl/α,β-unsaturated/α-hetero) is 1. The van der Waals surface area contributed by atoms with Crippen LogP contribution >= 0.6 is 11.8 Å². The quantitative estimate of drug-likeness (QED) is 0.527. The molecule has 1 heterocycles. The van der Waals surface area contributed by atoms with Crippen molar-refractivity contribution in [3.8, 4) is 17.2 Å². The summed E-state index contributed by atoms with van der Waals surface area (Å²) in [7, 11) is 6.53. The lowest BCUT2D eigenvalue weighted by molar-refractivity contribution is 0.102. The molecule has 1 aliphatic rings. The summed E-state index contributed by atoms with van der Waals surface area (Å²) in [6, 6.07) is 3.33. The Kier molecular flexibility index (Phi) is 5.17. The number of benzene rings is 1. The minimum Gasteiger partial charge on any atom is -0.493 e. The summed E-state index contributed by atoms with van der Waals surface area (Å²) >= 11 is 1.38. The number of hydrogen-bond acceptors (Lipinski definition) is 7. The Morgan fingerprint density at radius 1 is 1.16 bits per heavy atom. The van der Waals surface area contributed by atoms with Crippen LogP contribution in [-0.4, -0.2) is 47.6 Å². The van der Waals surface area contributed by atoms with Crippen molar-refractivity contribution >= 4 is 17.5 Å². The molecule has 0 unspecified atom stereocenters. The smallest absolute Gasteiger partial charge is 0.203 e. The molecule has 0 saturated heterocycles. The van der Waals surface area contributed by atoms with E-state index < -0.39 is 0 Å². The maximum Gasteiger partial charge on any atom is 0.203 e. The number of ether oxygens (including phenoxy) is 3. The molecule has 0 amide bonds. The first-order valence-corrected chi connectivity index (χ1v) is 8.92. The van der Waals surface area contributed by atoms with Crippen LogP contribution < -0.4 is 14.2 Å². The molecule has 1 aromatic carbocycles. The highest BCUT2D eigenvalue weighted by atomic mass is 32.2. The molecule has 2 aromatic rings. The van der Waals surface area contributed by atoms with Gasteiger partial charge in [-0.05, 0) is 25.0 Å². The molecule has 0 N–H and O–H groups in total. The largest absolute Gasteiger partial charge is 0.493 e. The fourth-order valence-electron chi connectivity index (χ4n) is 2.60. The van der Waals surface area contributed by atoms with Crippen molar-refractivity contribution in [2.75, 3.05) is 27.1 Å². The number of aromatic nitrogens is 3. The van der Waals surface area contributed by atoms with Crippen molar-refractivity contribution in [3.05, 3.63) is 23.5 Å². The molecule has 1 fully saturated rings. The highest BCUT2D eigenvalue weighted by Gasteiger charge is 2.29. The molecule has 0 radical (unpaired) electrons. The molecular formula is C17H21N3O4S. The first-order chi connectivity index (χ1) is 12.1. The average Bonchev–Trinajstić information content (AvgIpc) is 3.41. The van der Waals surface area contributed by atoms with Gasteiger partial charge in [-0.1, -0.05) is 11.8 Å². The van der Waals surface area contributed by atoms with E-state index in [9.17, 15) is 4.79 Å². The van der Waals surface area contributed by atoms with Gasteiger partial charge in [-0.2, -0.15) is 0 Å². The Hall–Kier alpha value is -2.22. The zero-order valence-corrected chi connectivity index (χ0v) is 15.6. The number of hydrogen-bond donors (Lipinski definition) is 0. The molecule has 25 heavy (non-hydrogen) atoms. The van der Waals surface area contributed by atoms with Crippen LogP contribution in [0, 0.1) is 0 Å².